The van der Waals surface area contributed by atoms with E-state index in [9.17, 15) is 4.79 Å². The second-order valence-electron chi connectivity index (χ2n) is 8.93. The summed E-state index contributed by atoms with van der Waals surface area (Å²) in [5.74, 6) is 1.72. The SMILES string of the molecule is O=C(CCc1oc(-n2cnc3ccccc32)nc1-c1ccc(Cl)cc1)N1CCN(c2ccccn2)CC1. The number of nitrogens with zero attached hydrogens (tertiary/aromatic N) is 6. The summed E-state index contributed by atoms with van der Waals surface area (Å²) in [7, 11) is 0. The number of carbonyl (C=O) groups excluding carboxylic acids is 1. The lowest BCUT2D eigenvalue weighted by molar-refractivity contribution is -0.131. The number of oxazole rings is 1. The quantitative estimate of drug-likeness (QED) is 0.318. The van der Waals surface area contributed by atoms with E-state index in [1.165, 1.54) is 0 Å². The van der Waals surface area contributed by atoms with Gasteiger partial charge in [-0.3, -0.25) is 9.36 Å². The van der Waals surface area contributed by atoms with E-state index in [4.69, 9.17) is 21.0 Å². The number of para-hydroxylation sites is 2. The van der Waals surface area contributed by atoms with E-state index in [2.05, 4.69) is 14.9 Å². The van der Waals surface area contributed by atoms with Gasteiger partial charge in [-0.25, -0.2) is 9.97 Å². The minimum Gasteiger partial charge on any atom is -0.427 e. The Balaban J connectivity index is 1.20. The van der Waals surface area contributed by atoms with Gasteiger partial charge in [-0.1, -0.05) is 41.9 Å². The fraction of sp³-hybridized carbons (Fsp3) is 0.214. The molecule has 0 aliphatic carbocycles. The number of carbonyl (C=O) groups is 1. The number of benzene rings is 2. The molecule has 6 rings (SSSR count). The molecule has 0 saturated carbocycles. The molecule has 9 heteroatoms. The molecular formula is C28H25ClN6O2. The Bertz CT molecular complexity index is 1520. The fourth-order valence-electron chi connectivity index (χ4n) is 4.66. The lowest BCUT2D eigenvalue weighted by Gasteiger charge is -2.35. The molecule has 0 N–H and O–H groups in total. The zero-order chi connectivity index (χ0) is 25.2. The van der Waals surface area contributed by atoms with Crippen LogP contribution in [0.1, 0.15) is 12.2 Å². The highest BCUT2D eigenvalue weighted by Crippen LogP contribution is 2.29. The van der Waals surface area contributed by atoms with Crippen molar-refractivity contribution in [3.05, 3.63) is 90.0 Å². The van der Waals surface area contributed by atoms with Crippen LogP contribution >= 0.6 is 11.6 Å². The van der Waals surface area contributed by atoms with Crippen molar-refractivity contribution in [3.8, 4) is 17.3 Å². The van der Waals surface area contributed by atoms with Gasteiger partial charge >= 0.3 is 6.01 Å². The molecule has 5 aromatic rings. The average molecular weight is 513 g/mol. The van der Waals surface area contributed by atoms with Crippen molar-refractivity contribution in [1.82, 2.24) is 24.4 Å². The molecule has 0 spiro atoms. The number of aryl methyl sites for hydroxylation is 1. The van der Waals surface area contributed by atoms with Crippen LogP contribution in [0.4, 0.5) is 5.82 Å². The Kier molecular flexibility index (Phi) is 6.32. The summed E-state index contributed by atoms with van der Waals surface area (Å²) < 4.78 is 8.09. The highest BCUT2D eigenvalue weighted by Gasteiger charge is 2.24. The van der Waals surface area contributed by atoms with Crippen molar-refractivity contribution in [3.63, 3.8) is 0 Å². The van der Waals surface area contributed by atoms with Crippen molar-refractivity contribution in [2.45, 2.75) is 12.8 Å². The minimum atomic E-state index is 0.105. The summed E-state index contributed by atoms with van der Waals surface area (Å²) in [6.07, 6.45) is 4.28. The van der Waals surface area contributed by atoms with Crippen molar-refractivity contribution in [1.29, 1.82) is 0 Å². The monoisotopic (exact) mass is 512 g/mol. The van der Waals surface area contributed by atoms with E-state index < -0.39 is 0 Å². The second kappa shape index (κ2) is 10.1. The highest BCUT2D eigenvalue weighted by molar-refractivity contribution is 6.30. The summed E-state index contributed by atoms with van der Waals surface area (Å²) in [6, 6.07) is 21.6. The Morgan fingerprint density at radius 1 is 0.919 bits per heavy atom. The number of anilines is 1. The van der Waals surface area contributed by atoms with Gasteiger partial charge in [0, 0.05) is 55.8 Å². The van der Waals surface area contributed by atoms with Crippen LogP contribution in [0.25, 0.3) is 28.3 Å². The van der Waals surface area contributed by atoms with Gasteiger partial charge in [0.15, 0.2) is 0 Å². The molecule has 1 aliphatic rings. The van der Waals surface area contributed by atoms with Crippen LogP contribution in [0.5, 0.6) is 0 Å². The number of halogens is 1. The van der Waals surface area contributed by atoms with Gasteiger partial charge < -0.3 is 14.2 Å². The van der Waals surface area contributed by atoms with E-state index in [-0.39, 0.29) is 5.91 Å². The van der Waals surface area contributed by atoms with Gasteiger partial charge in [-0.2, -0.15) is 4.98 Å². The fourth-order valence-corrected chi connectivity index (χ4v) is 4.79. The van der Waals surface area contributed by atoms with Crippen LogP contribution in [-0.4, -0.2) is 56.5 Å². The normalized spacial score (nSPS) is 13.9. The van der Waals surface area contributed by atoms with E-state index >= 15 is 0 Å². The molecule has 0 bridgehead atoms. The number of hydrogen-bond acceptors (Lipinski definition) is 6. The first kappa shape index (κ1) is 23.2. The van der Waals surface area contributed by atoms with Crippen LogP contribution in [0, 0.1) is 0 Å². The van der Waals surface area contributed by atoms with Gasteiger partial charge in [0.1, 0.15) is 23.6 Å². The Labute approximate surface area is 219 Å². The van der Waals surface area contributed by atoms with E-state index in [0.717, 1.165) is 35.5 Å². The Hall–Kier alpha value is -4.17. The van der Waals surface area contributed by atoms with Crippen molar-refractivity contribution in [2.24, 2.45) is 0 Å². The minimum absolute atomic E-state index is 0.105. The van der Waals surface area contributed by atoms with Gasteiger partial charge in [-0.05, 0) is 36.4 Å². The van der Waals surface area contributed by atoms with Crippen LogP contribution < -0.4 is 4.90 Å². The summed E-state index contributed by atoms with van der Waals surface area (Å²) in [5, 5.41) is 0.648. The molecule has 1 fully saturated rings. The van der Waals surface area contributed by atoms with Gasteiger partial charge in [0.25, 0.3) is 0 Å². The molecular weight excluding hydrogens is 488 g/mol. The first-order valence-corrected chi connectivity index (χ1v) is 12.7. The number of pyridine rings is 1. The molecule has 1 aliphatic heterocycles. The van der Waals surface area contributed by atoms with E-state index in [0.29, 0.717) is 48.4 Å². The lowest BCUT2D eigenvalue weighted by atomic mass is 10.1. The van der Waals surface area contributed by atoms with Crippen LogP contribution in [0.15, 0.2) is 83.7 Å². The third-order valence-electron chi connectivity index (χ3n) is 6.63. The van der Waals surface area contributed by atoms with Gasteiger partial charge in [0.2, 0.25) is 5.91 Å². The van der Waals surface area contributed by atoms with E-state index in [1.54, 1.807) is 12.5 Å². The first-order valence-electron chi connectivity index (χ1n) is 12.3. The molecule has 186 valence electrons. The number of amides is 1. The highest BCUT2D eigenvalue weighted by atomic mass is 35.5. The lowest BCUT2D eigenvalue weighted by Crippen LogP contribution is -2.49. The molecule has 4 heterocycles. The predicted octanol–water partition coefficient (Wildman–Crippen LogP) is 5.01. The molecule has 0 radical (unpaired) electrons. The molecule has 1 saturated heterocycles. The maximum Gasteiger partial charge on any atom is 0.308 e. The second-order valence-corrected chi connectivity index (χ2v) is 9.37. The third kappa shape index (κ3) is 4.80. The molecule has 2 aromatic carbocycles. The number of imidazole rings is 1. The largest absolute Gasteiger partial charge is 0.427 e. The molecule has 8 nitrogen and oxygen atoms in total. The summed E-state index contributed by atoms with van der Waals surface area (Å²) >= 11 is 6.12. The van der Waals surface area contributed by atoms with Gasteiger partial charge in [-0.15, -0.1) is 0 Å². The topological polar surface area (TPSA) is 80.3 Å². The van der Waals surface area contributed by atoms with Crippen molar-refractivity contribution < 1.29 is 9.21 Å². The standard InChI is InChI=1S/C28H25ClN6O2/c29-21-10-8-20(9-11-21)27-24(37-28(32-27)35-19-31-22-5-1-2-6-23(22)35)12-13-26(36)34-17-15-33(16-18-34)25-7-3-4-14-30-25/h1-11,14,19H,12-13,15-18H2. The van der Waals surface area contributed by atoms with Crippen LogP contribution in [-0.2, 0) is 11.2 Å². The first-order chi connectivity index (χ1) is 18.2. The summed E-state index contributed by atoms with van der Waals surface area (Å²) in [5.41, 5.74) is 3.35. The number of fused-ring (bicyclic) bond motifs is 1. The average Bonchev–Trinajstić information content (AvgIpc) is 3.57. The zero-order valence-corrected chi connectivity index (χ0v) is 20.9. The molecule has 0 unspecified atom stereocenters. The number of rotatable bonds is 6. The maximum absolute atomic E-state index is 13.1. The molecule has 3 aromatic heterocycles. The zero-order valence-electron chi connectivity index (χ0n) is 20.1. The molecule has 37 heavy (non-hydrogen) atoms. The maximum atomic E-state index is 13.1. The van der Waals surface area contributed by atoms with Crippen molar-refractivity contribution >= 4 is 34.4 Å². The third-order valence-corrected chi connectivity index (χ3v) is 6.89. The summed E-state index contributed by atoms with van der Waals surface area (Å²) in [6.45, 7) is 2.86. The van der Waals surface area contributed by atoms with Gasteiger partial charge in [0.05, 0.1) is 11.0 Å². The molecule has 0 atom stereocenters. The smallest absolute Gasteiger partial charge is 0.308 e. The van der Waals surface area contributed by atoms with E-state index in [1.807, 2.05) is 76.2 Å². The van der Waals surface area contributed by atoms with Crippen LogP contribution in [0.2, 0.25) is 5.02 Å². The number of piperazine rings is 1. The summed E-state index contributed by atoms with van der Waals surface area (Å²) in [4.78, 5) is 30.9. The Morgan fingerprint density at radius 3 is 2.49 bits per heavy atom. The number of hydrogen-bond donors (Lipinski definition) is 0. The number of aromatic nitrogens is 4. The van der Waals surface area contributed by atoms with Crippen LogP contribution in [0.3, 0.4) is 0 Å². The molecule has 1 amide bonds. The predicted molar refractivity (Wildman–Crippen MR) is 143 cm³/mol. The van der Waals surface area contributed by atoms with Crippen molar-refractivity contribution in [2.75, 3.05) is 31.1 Å². The Morgan fingerprint density at radius 2 is 1.70 bits per heavy atom.